The van der Waals surface area contributed by atoms with E-state index < -0.39 is 0 Å². The van der Waals surface area contributed by atoms with E-state index in [4.69, 9.17) is 12.2 Å². The van der Waals surface area contributed by atoms with Crippen molar-refractivity contribution in [2.45, 2.75) is 39.0 Å². The minimum Gasteiger partial charge on any atom is -0.293 e. The van der Waals surface area contributed by atoms with E-state index in [-0.39, 0.29) is 5.91 Å². The normalized spacial score (nSPS) is 26.4. The molecule has 1 aliphatic carbocycles. The molecule has 2 rings (SSSR count). The van der Waals surface area contributed by atoms with Gasteiger partial charge in [-0.05, 0) is 31.6 Å². The number of hydrogen-bond acceptors (Lipinski definition) is 3. The summed E-state index contributed by atoms with van der Waals surface area (Å²) in [7, 11) is 0. The van der Waals surface area contributed by atoms with Gasteiger partial charge in [0.1, 0.15) is 4.32 Å². The first-order valence-electron chi connectivity index (χ1n) is 6.63. The second-order valence-electron chi connectivity index (χ2n) is 4.75. The van der Waals surface area contributed by atoms with E-state index in [0.717, 1.165) is 47.9 Å². The Morgan fingerprint density at radius 2 is 2.39 bits per heavy atom. The van der Waals surface area contributed by atoms with Crippen LogP contribution in [-0.4, -0.2) is 21.7 Å². The van der Waals surface area contributed by atoms with Crippen LogP contribution in [0.2, 0.25) is 0 Å². The molecule has 1 unspecified atom stereocenters. The van der Waals surface area contributed by atoms with E-state index in [9.17, 15) is 4.79 Å². The third kappa shape index (κ3) is 3.23. The van der Waals surface area contributed by atoms with Crippen molar-refractivity contribution >= 4 is 34.2 Å². The molecule has 1 amide bonds. The second kappa shape index (κ2) is 6.53. The van der Waals surface area contributed by atoms with E-state index in [1.165, 1.54) is 11.8 Å². The molecule has 1 heterocycles. The van der Waals surface area contributed by atoms with Gasteiger partial charge in [-0.1, -0.05) is 55.6 Å². The number of allylic oxidation sites excluding steroid dienone is 3. The molecule has 2 nitrogen and oxygen atoms in total. The van der Waals surface area contributed by atoms with Crippen molar-refractivity contribution < 1.29 is 4.79 Å². The Morgan fingerprint density at radius 1 is 1.56 bits per heavy atom. The Hall–Kier alpha value is -0.610. The van der Waals surface area contributed by atoms with E-state index in [1.54, 1.807) is 4.90 Å². The van der Waals surface area contributed by atoms with Gasteiger partial charge in [-0.25, -0.2) is 0 Å². The number of thiocarbonyl (C=S) groups is 1. The van der Waals surface area contributed by atoms with Crippen LogP contribution in [0.15, 0.2) is 23.1 Å². The van der Waals surface area contributed by atoms with Gasteiger partial charge in [0.05, 0.1) is 4.91 Å². The van der Waals surface area contributed by atoms with E-state index in [1.807, 2.05) is 0 Å². The van der Waals surface area contributed by atoms with Crippen LogP contribution in [0, 0.1) is 5.92 Å². The molecule has 0 saturated carbocycles. The molecule has 18 heavy (non-hydrogen) atoms. The number of rotatable bonds is 4. The monoisotopic (exact) mass is 281 g/mol. The molecule has 1 saturated heterocycles. The third-order valence-corrected chi connectivity index (χ3v) is 4.70. The Bertz CT molecular complexity index is 401. The fraction of sp³-hybridized carbons (Fsp3) is 0.571. The summed E-state index contributed by atoms with van der Waals surface area (Å²) < 4.78 is 0.728. The zero-order chi connectivity index (χ0) is 13.0. The largest absolute Gasteiger partial charge is 0.293 e. The van der Waals surface area contributed by atoms with Gasteiger partial charge in [0.2, 0.25) is 0 Å². The van der Waals surface area contributed by atoms with Crippen LogP contribution in [0.5, 0.6) is 0 Å². The molecule has 1 fully saturated rings. The first kappa shape index (κ1) is 13.8. The molecule has 98 valence electrons. The lowest BCUT2D eigenvalue weighted by atomic mass is 9.94. The molecule has 4 heteroatoms. The topological polar surface area (TPSA) is 20.3 Å². The highest BCUT2D eigenvalue weighted by molar-refractivity contribution is 8.26. The minimum absolute atomic E-state index is 0.119. The fourth-order valence-corrected chi connectivity index (χ4v) is 3.58. The zero-order valence-electron chi connectivity index (χ0n) is 10.7. The van der Waals surface area contributed by atoms with Gasteiger partial charge >= 0.3 is 0 Å². The highest BCUT2D eigenvalue weighted by atomic mass is 32.2. The van der Waals surface area contributed by atoms with Crippen molar-refractivity contribution in [1.29, 1.82) is 0 Å². The van der Waals surface area contributed by atoms with Crippen LogP contribution in [0.25, 0.3) is 0 Å². The van der Waals surface area contributed by atoms with Crippen molar-refractivity contribution in [2.24, 2.45) is 5.92 Å². The van der Waals surface area contributed by atoms with Gasteiger partial charge in [-0.15, -0.1) is 0 Å². The molecular weight excluding hydrogens is 262 g/mol. The van der Waals surface area contributed by atoms with Crippen molar-refractivity contribution in [3.05, 3.63) is 23.1 Å². The smallest absolute Gasteiger partial charge is 0.265 e. The van der Waals surface area contributed by atoms with Crippen molar-refractivity contribution in [3.8, 4) is 0 Å². The number of unbranched alkanes of at least 4 members (excludes halogenated alkanes) is 1. The predicted octanol–water partition coefficient (Wildman–Crippen LogP) is 3.89. The number of carbonyl (C=O) groups excluding carboxylic acids is 1. The molecule has 0 spiro atoms. The molecule has 1 aliphatic heterocycles. The molecule has 0 radical (unpaired) electrons. The molecule has 1 atom stereocenters. The molecule has 0 aromatic carbocycles. The third-order valence-electron chi connectivity index (χ3n) is 3.31. The Balaban J connectivity index is 2.02. The van der Waals surface area contributed by atoms with Crippen LogP contribution >= 0.6 is 24.0 Å². The average molecular weight is 281 g/mol. The van der Waals surface area contributed by atoms with Gasteiger partial charge in [0.25, 0.3) is 5.91 Å². The van der Waals surface area contributed by atoms with Crippen LogP contribution in [0.1, 0.15) is 39.0 Å². The first-order valence-corrected chi connectivity index (χ1v) is 7.85. The number of amides is 1. The summed E-state index contributed by atoms with van der Waals surface area (Å²) in [4.78, 5) is 14.8. The first-order chi connectivity index (χ1) is 8.72. The van der Waals surface area contributed by atoms with Gasteiger partial charge in [0.15, 0.2) is 0 Å². The zero-order valence-corrected chi connectivity index (χ0v) is 12.4. The Kier molecular flexibility index (Phi) is 5.01. The summed E-state index contributed by atoms with van der Waals surface area (Å²) in [6.45, 7) is 2.89. The quantitative estimate of drug-likeness (QED) is 0.443. The van der Waals surface area contributed by atoms with Crippen LogP contribution in [0.3, 0.4) is 0 Å². The standard InChI is InChI=1S/C14H19NOS2/c1-2-3-9-15-13(16)12(18-14(15)17)10-11-7-5-4-6-8-11/h4-5,10-11H,2-3,6-9H2,1H3/b12-10+. The van der Waals surface area contributed by atoms with E-state index in [0.29, 0.717) is 5.92 Å². The summed E-state index contributed by atoms with van der Waals surface area (Å²) >= 11 is 6.76. The maximum Gasteiger partial charge on any atom is 0.265 e. The lowest BCUT2D eigenvalue weighted by Crippen LogP contribution is -2.29. The number of hydrogen-bond donors (Lipinski definition) is 0. The summed E-state index contributed by atoms with van der Waals surface area (Å²) in [6, 6.07) is 0. The molecule has 2 aliphatic rings. The summed E-state index contributed by atoms with van der Waals surface area (Å²) in [5.74, 6) is 0.628. The Morgan fingerprint density at radius 3 is 3.06 bits per heavy atom. The predicted molar refractivity (Wildman–Crippen MR) is 81.4 cm³/mol. The van der Waals surface area contributed by atoms with E-state index >= 15 is 0 Å². The highest BCUT2D eigenvalue weighted by Crippen LogP contribution is 2.34. The van der Waals surface area contributed by atoms with Crippen molar-refractivity contribution in [2.75, 3.05) is 6.54 Å². The van der Waals surface area contributed by atoms with Crippen molar-refractivity contribution in [3.63, 3.8) is 0 Å². The lowest BCUT2D eigenvalue weighted by Gasteiger charge is -2.14. The molecule has 0 aromatic rings. The van der Waals surface area contributed by atoms with Crippen LogP contribution in [-0.2, 0) is 4.79 Å². The molecule has 0 bridgehead atoms. The second-order valence-corrected chi connectivity index (χ2v) is 6.43. The highest BCUT2D eigenvalue weighted by Gasteiger charge is 2.31. The molecule has 0 aromatic heterocycles. The minimum atomic E-state index is 0.119. The van der Waals surface area contributed by atoms with Crippen LogP contribution in [0.4, 0.5) is 0 Å². The summed E-state index contributed by atoms with van der Waals surface area (Å²) in [5.41, 5.74) is 0. The summed E-state index contributed by atoms with van der Waals surface area (Å²) in [6.07, 6.45) is 12.0. The van der Waals surface area contributed by atoms with Gasteiger partial charge in [0, 0.05) is 6.54 Å². The van der Waals surface area contributed by atoms with Gasteiger partial charge < -0.3 is 0 Å². The van der Waals surface area contributed by atoms with Gasteiger partial charge in [-0.3, -0.25) is 9.69 Å². The maximum atomic E-state index is 12.2. The number of thioether (sulfide) groups is 1. The van der Waals surface area contributed by atoms with E-state index in [2.05, 4.69) is 25.2 Å². The fourth-order valence-electron chi connectivity index (χ4n) is 2.21. The maximum absolute atomic E-state index is 12.2. The average Bonchev–Trinajstić information content (AvgIpc) is 2.64. The van der Waals surface area contributed by atoms with Gasteiger partial charge in [-0.2, -0.15) is 0 Å². The molecular formula is C14H19NOS2. The lowest BCUT2D eigenvalue weighted by molar-refractivity contribution is -0.122. The molecule has 0 N–H and O–H groups in total. The number of carbonyl (C=O) groups is 1. The van der Waals surface area contributed by atoms with Crippen molar-refractivity contribution in [1.82, 2.24) is 4.90 Å². The van der Waals surface area contributed by atoms with Crippen LogP contribution < -0.4 is 0 Å². The Labute approximate surface area is 118 Å². The summed E-state index contributed by atoms with van der Waals surface area (Å²) in [5, 5.41) is 0. The number of nitrogens with zero attached hydrogens (tertiary/aromatic N) is 1. The SMILES string of the molecule is CCCCN1C(=O)/C(=C\C2CC=CCC2)SC1=S.